The molecule has 1 heterocycles. The SMILES string of the molecule is CNC(C)c1nnnn1-c1ccccc1COC. The van der Waals surface area contributed by atoms with Crippen molar-refractivity contribution in [2.75, 3.05) is 14.2 Å². The minimum atomic E-state index is 0.0793. The fourth-order valence-electron chi connectivity index (χ4n) is 1.76. The number of hydrogen-bond donors (Lipinski definition) is 1. The molecule has 6 heteroatoms. The Balaban J connectivity index is 2.45. The van der Waals surface area contributed by atoms with Crippen LogP contribution in [0.15, 0.2) is 24.3 Å². The molecule has 2 aromatic rings. The van der Waals surface area contributed by atoms with Gasteiger partial charge in [-0.05, 0) is 30.5 Å². The smallest absolute Gasteiger partial charge is 0.173 e. The molecule has 96 valence electrons. The molecule has 0 saturated heterocycles. The number of aromatic nitrogens is 4. The standard InChI is InChI=1S/C12H17N5O/c1-9(13-2)12-14-15-16-17(12)11-7-5-4-6-10(11)8-18-3/h4-7,9,13H,8H2,1-3H3. The van der Waals surface area contributed by atoms with Crippen molar-refractivity contribution in [3.63, 3.8) is 0 Å². The fraction of sp³-hybridized carbons (Fsp3) is 0.417. The molecule has 0 fully saturated rings. The summed E-state index contributed by atoms with van der Waals surface area (Å²) >= 11 is 0. The third kappa shape index (κ3) is 2.39. The van der Waals surface area contributed by atoms with Gasteiger partial charge in [-0.25, -0.2) is 0 Å². The predicted molar refractivity (Wildman–Crippen MR) is 67.3 cm³/mol. The number of ether oxygens (including phenoxy) is 1. The molecule has 0 saturated carbocycles. The van der Waals surface area contributed by atoms with Gasteiger partial charge in [-0.2, -0.15) is 4.68 Å². The van der Waals surface area contributed by atoms with Crippen molar-refractivity contribution in [1.29, 1.82) is 0 Å². The molecule has 1 aromatic heterocycles. The van der Waals surface area contributed by atoms with Gasteiger partial charge in [-0.1, -0.05) is 18.2 Å². The predicted octanol–water partition coefficient (Wildman–Crippen LogP) is 1.09. The number of benzene rings is 1. The summed E-state index contributed by atoms with van der Waals surface area (Å²) in [6.45, 7) is 2.55. The quantitative estimate of drug-likeness (QED) is 0.856. The molecule has 2 rings (SSSR count). The van der Waals surface area contributed by atoms with Crippen LogP contribution in [-0.4, -0.2) is 34.4 Å². The molecule has 0 bridgehead atoms. The molecule has 1 N–H and O–H groups in total. The monoisotopic (exact) mass is 247 g/mol. The van der Waals surface area contributed by atoms with Crippen molar-refractivity contribution in [1.82, 2.24) is 25.5 Å². The Morgan fingerprint density at radius 2 is 2.17 bits per heavy atom. The molecular formula is C12H17N5O. The van der Waals surface area contributed by atoms with Crippen LogP contribution in [-0.2, 0) is 11.3 Å². The van der Waals surface area contributed by atoms with Crippen molar-refractivity contribution in [2.24, 2.45) is 0 Å². The Hall–Kier alpha value is -1.79. The lowest BCUT2D eigenvalue weighted by atomic mass is 10.2. The number of para-hydroxylation sites is 1. The van der Waals surface area contributed by atoms with E-state index in [0.717, 1.165) is 17.1 Å². The molecule has 1 unspecified atom stereocenters. The van der Waals surface area contributed by atoms with Crippen LogP contribution in [0, 0.1) is 0 Å². The van der Waals surface area contributed by atoms with Gasteiger partial charge in [-0.15, -0.1) is 5.10 Å². The molecule has 6 nitrogen and oxygen atoms in total. The van der Waals surface area contributed by atoms with Gasteiger partial charge in [0.1, 0.15) is 0 Å². The molecule has 0 radical (unpaired) electrons. The Bertz CT molecular complexity index is 511. The van der Waals surface area contributed by atoms with Gasteiger partial charge in [0.15, 0.2) is 5.82 Å². The van der Waals surface area contributed by atoms with Crippen LogP contribution >= 0.6 is 0 Å². The highest BCUT2D eigenvalue weighted by molar-refractivity contribution is 5.40. The average molecular weight is 247 g/mol. The first-order valence-corrected chi connectivity index (χ1v) is 5.80. The summed E-state index contributed by atoms with van der Waals surface area (Å²) in [5, 5.41) is 15.0. The second-order valence-corrected chi connectivity index (χ2v) is 4.02. The zero-order valence-electron chi connectivity index (χ0n) is 10.8. The molecule has 0 aliphatic heterocycles. The van der Waals surface area contributed by atoms with Crippen molar-refractivity contribution < 1.29 is 4.74 Å². The van der Waals surface area contributed by atoms with E-state index in [4.69, 9.17) is 4.74 Å². The van der Waals surface area contributed by atoms with Gasteiger partial charge < -0.3 is 10.1 Å². The van der Waals surface area contributed by atoms with E-state index in [1.807, 2.05) is 38.2 Å². The van der Waals surface area contributed by atoms with Crippen molar-refractivity contribution in [3.8, 4) is 5.69 Å². The van der Waals surface area contributed by atoms with Gasteiger partial charge in [0.25, 0.3) is 0 Å². The van der Waals surface area contributed by atoms with Crippen LogP contribution in [0.5, 0.6) is 0 Å². The van der Waals surface area contributed by atoms with Gasteiger partial charge in [-0.3, -0.25) is 0 Å². The molecule has 0 amide bonds. The van der Waals surface area contributed by atoms with Gasteiger partial charge in [0, 0.05) is 12.7 Å². The van der Waals surface area contributed by atoms with Gasteiger partial charge in [0.05, 0.1) is 18.3 Å². The average Bonchev–Trinajstić information content (AvgIpc) is 2.88. The number of methoxy groups -OCH3 is 1. The van der Waals surface area contributed by atoms with E-state index in [1.54, 1.807) is 11.8 Å². The first kappa shape index (κ1) is 12.7. The first-order chi connectivity index (χ1) is 8.77. The topological polar surface area (TPSA) is 64.9 Å². The lowest BCUT2D eigenvalue weighted by molar-refractivity contribution is 0.184. The zero-order chi connectivity index (χ0) is 13.0. The summed E-state index contributed by atoms with van der Waals surface area (Å²) in [4.78, 5) is 0. The normalized spacial score (nSPS) is 12.6. The van der Waals surface area contributed by atoms with Crippen LogP contribution in [0.2, 0.25) is 0 Å². The maximum absolute atomic E-state index is 5.20. The summed E-state index contributed by atoms with van der Waals surface area (Å²) in [5.74, 6) is 0.779. The molecule has 0 spiro atoms. The molecule has 1 atom stereocenters. The highest BCUT2D eigenvalue weighted by Gasteiger charge is 2.15. The minimum absolute atomic E-state index is 0.0793. The molecule has 0 aliphatic rings. The number of rotatable bonds is 5. The Morgan fingerprint density at radius 1 is 1.39 bits per heavy atom. The summed E-state index contributed by atoms with van der Waals surface area (Å²) in [6, 6.07) is 8.01. The lowest BCUT2D eigenvalue weighted by Gasteiger charge is -2.13. The third-order valence-electron chi connectivity index (χ3n) is 2.83. The van der Waals surface area contributed by atoms with Crippen LogP contribution in [0.1, 0.15) is 24.4 Å². The van der Waals surface area contributed by atoms with Crippen LogP contribution in [0.3, 0.4) is 0 Å². The molecule has 0 aliphatic carbocycles. The number of nitrogens with zero attached hydrogens (tertiary/aromatic N) is 4. The zero-order valence-corrected chi connectivity index (χ0v) is 10.8. The van der Waals surface area contributed by atoms with E-state index < -0.39 is 0 Å². The van der Waals surface area contributed by atoms with E-state index in [1.165, 1.54) is 0 Å². The highest BCUT2D eigenvalue weighted by atomic mass is 16.5. The Morgan fingerprint density at radius 3 is 2.89 bits per heavy atom. The minimum Gasteiger partial charge on any atom is -0.380 e. The number of nitrogens with one attached hydrogen (secondary N) is 1. The Labute approximate surface area is 106 Å². The molecular weight excluding hydrogens is 230 g/mol. The van der Waals surface area contributed by atoms with Crippen molar-refractivity contribution in [3.05, 3.63) is 35.7 Å². The van der Waals surface area contributed by atoms with E-state index in [0.29, 0.717) is 6.61 Å². The first-order valence-electron chi connectivity index (χ1n) is 5.80. The second kappa shape index (κ2) is 5.70. The van der Waals surface area contributed by atoms with Crippen molar-refractivity contribution in [2.45, 2.75) is 19.6 Å². The van der Waals surface area contributed by atoms with Crippen molar-refractivity contribution >= 4 is 0 Å². The largest absolute Gasteiger partial charge is 0.380 e. The fourth-order valence-corrected chi connectivity index (χ4v) is 1.76. The number of hydrogen-bond acceptors (Lipinski definition) is 5. The summed E-state index contributed by atoms with van der Waals surface area (Å²) in [5.41, 5.74) is 2.00. The lowest BCUT2D eigenvalue weighted by Crippen LogP contribution is -2.18. The third-order valence-corrected chi connectivity index (χ3v) is 2.83. The van der Waals surface area contributed by atoms with E-state index in [2.05, 4.69) is 20.8 Å². The summed E-state index contributed by atoms with van der Waals surface area (Å²) in [7, 11) is 3.55. The maximum atomic E-state index is 5.20. The summed E-state index contributed by atoms with van der Waals surface area (Å²) in [6.07, 6.45) is 0. The highest BCUT2D eigenvalue weighted by Crippen LogP contribution is 2.18. The number of tetrazole rings is 1. The molecule has 18 heavy (non-hydrogen) atoms. The van der Waals surface area contributed by atoms with Gasteiger partial charge in [0.2, 0.25) is 0 Å². The summed E-state index contributed by atoms with van der Waals surface area (Å²) < 4.78 is 6.94. The Kier molecular flexibility index (Phi) is 4.01. The van der Waals surface area contributed by atoms with Crippen LogP contribution < -0.4 is 5.32 Å². The van der Waals surface area contributed by atoms with Gasteiger partial charge >= 0.3 is 0 Å². The van der Waals surface area contributed by atoms with Crippen LogP contribution in [0.4, 0.5) is 0 Å². The van der Waals surface area contributed by atoms with E-state index in [-0.39, 0.29) is 6.04 Å². The van der Waals surface area contributed by atoms with E-state index in [9.17, 15) is 0 Å². The molecule has 1 aromatic carbocycles. The van der Waals surface area contributed by atoms with Crippen LogP contribution in [0.25, 0.3) is 5.69 Å². The maximum Gasteiger partial charge on any atom is 0.173 e. The second-order valence-electron chi connectivity index (χ2n) is 4.02. The van der Waals surface area contributed by atoms with E-state index >= 15 is 0 Å².